The molecule has 0 aromatic carbocycles. The molecule has 6 nitrogen and oxygen atoms in total. The number of rotatable bonds is 5. The quantitative estimate of drug-likeness (QED) is 0.645. The standard InChI is InChI=1S/C19H22F2N6/c1-14(22)5-6-16(23-2)17-12-18(26-10-7-19(20,21)8-11-26)25-27(17)15-4-3-9-24-13-15/h3-6,9,12-13H,2,7-8,10-11,22H2,1H3/b14-5-,16-6-. The summed E-state index contributed by atoms with van der Waals surface area (Å²) in [7, 11) is 0. The summed E-state index contributed by atoms with van der Waals surface area (Å²) in [5.74, 6) is -1.99. The number of nitrogens with two attached hydrogens (primary N) is 1. The molecule has 142 valence electrons. The number of hydrogen-bond donors (Lipinski definition) is 1. The van der Waals surface area contributed by atoms with Gasteiger partial charge in [0.2, 0.25) is 0 Å². The Balaban J connectivity index is 2.03. The molecule has 0 amide bonds. The molecule has 0 bridgehead atoms. The van der Waals surface area contributed by atoms with Crippen molar-refractivity contribution in [1.29, 1.82) is 0 Å². The fourth-order valence-corrected chi connectivity index (χ4v) is 2.87. The summed E-state index contributed by atoms with van der Waals surface area (Å²) < 4.78 is 28.7. The second-order valence-electron chi connectivity index (χ2n) is 6.47. The average Bonchev–Trinajstić information content (AvgIpc) is 3.08. The molecule has 1 aliphatic rings. The number of hydrogen-bond acceptors (Lipinski definition) is 5. The largest absolute Gasteiger partial charge is 0.402 e. The van der Waals surface area contributed by atoms with Crippen molar-refractivity contribution in [1.82, 2.24) is 14.8 Å². The molecule has 1 fully saturated rings. The third-order valence-electron chi connectivity index (χ3n) is 4.34. The van der Waals surface area contributed by atoms with Crippen LogP contribution in [-0.4, -0.2) is 40.5 Å². The number of pyridine rings is 1. The van der Waals surface area contributed by atoms with E-state index in [9.17, 15) is 8.78 Å². The lowest BCUT2D eigenvalue weighted by molar-refractivity contribution is -0.0221. The fourth-order valence-electron chi connectivity index (χ4n) is 2.87. The summed E-state index contributed by atoms with van der Waals surface area (Å²) in [6.07, 6.45) is 6.46. The van der Waals surface area contributed by atoms with E-state index < -0.39 is 5.92 Å². The maximum absolute atomic E-state index is 13.5. The van der Waals surface area contributed by atoms with Crippen LogP contribution in [0.3, 0.4) is 0 Å². The zero-order chi connectivity index (χ0) is 19.4. The number of alkyl halides is 2. The summed E-state index contributed by atoms with van der Waals surface area (Å²) in [6, 6.07) is 5.50. The van der Waals surface area contributed by atoms with Gasteiger partial charge < -0.3 is 10.6 Å². The molecule has 2 aromatic heterocycles. The lowest BCUT2D eigenvalue weighted by Crippen LogP contribution is -2.39. The van der Waals surface area contributed by atoms with E-state index in [4.69, 9.17) is 5.73 Å². The van der Waals surface area contributed by atoms with Gasteiger partial charge in [0.1, 0.15) is 0 Å². The van der Waals surface area contributed by atoms with E-state index in [1.807, 2.05) is 17.0 Å². The van der Waals surface area contributed by atoms with Gasteiger partial charge in [-0.05, 0) is 37.9 Å². The second kappa shape index (κ2) is 7.69. The first-order valence-electron chi connectivity index (χ1n) is 8.64. The van der Waals surface area contributed by atoms with Crippen LogP contribution in [0.25, 0.3) is 11.4 Å². The molecule has 3 rings (SSSR count). The maximum Gasteiger partial charge on any atom is 0.251 e. The second-order valence-corrected chi connectivity index (χ2v) is 6.47. The van der Waals surface area contributed by atoms with Crippen LogP contribution in [0.1, 0.15) is 25.5 Å². The average molecular weight is 372 g/mol. The SMILES string of the molecule is C=N/C(=C\C=C(\C)N)c1cc(N2CCC(F)(F)CC2)nn1-c1cccnc1. The van der Waals surface area contributed by atoms with Gasteiger partial charge in [-0.15, -0.1) is 5.10 Å². The molecule has 0 aliphatic carbocycles. The van der Waals surface area contributed by atoms with Gasteiger partial charge in [-0.3, -0.25) is 9.98 Å². The van der Waals surface area contributed by atoms with Crippen molar-refractivity contribution in [3.05, 3.63) is 54.1 Å². The Hall–Kier alpha value is -3.03. The van der Waals surface area contributed by atoms with Crippen molar-refractivity contribution in [2.45, 2.75) is 25.7 Å². The van der Waals surface area contributed by atoms with Crippen LogP contribution in [0.5, 0.6) is 0 Å². The zero-order valence-electron chi connectivity index (χ0n) is 15.1. The number of aromatic nitrogens is 3. The summed E-state index contributed by atoms with van der Waals surface area (Å²) in [6.45, 7) is 5.90. The number of piperidine rings is 1. The van der Waals surface area contributed by atoms with Gasteiger partial charge in [-0.1, -0.05) is 0 Å². The Bertz CT molecular complexity index is 856. The highest BCUT2D eigenvalue weighted by Gasteiger charge is 2.35. The van der Waals surface area contributed by atoms with E-state index in [2.05, 4.69) is 21.8 Å². The minimum atomic E-state index is -2.61. The van der Waals surface area contributed by atoms with E-state index in [-0.39, 0.29) is 25.9 Å². The van der Waals surface area contributed by atoms with Crippen LogP contribution in [0, 0.1) is 0 Å². The Labute approximate surface area is 156 Å². The van der Waals surface area contributed by atoms with Gasteiger partial charge in [0.15, 0.2) is 5.82 Å². The van der Waals surface area contributed by atoms with Crippen molar-refractivity contribution in [2.75, 3.05) is 18.0 Å². The Morgan fingerprint density at radius 3 is 2.67 bits per heavy atom. The molecule has 0 unspecified atom stereocenters. The lowest BCUT2D eigenvalue weighted by atomic mass is 10.1. The first-order chi connectivity index (χ1) is 12.9. The van der Waals surface area contributed by atoms with Gasteiger partial charge in [0.05, 0.1) is 23.3 Å². The van der Waals surface area contributed by atoms with Crippen molar-refractivity contribution in [2.24, 2.45) is 10.7 Å². The van der Waals surface area contributed by atoms with Gasteiger partial charge in [0, 0.05) is 43.9 Å². The van der Waals surface area contributed by atoms with Crippen LogP contribution in [0.15, 0.2) is 53.4 Å². The van der Waals surface area contributed by atoms with Gasteiger partial charge in [0.25, 0.3) is 5.92 Å². The zero-order valence-corrected chi connectivity index (χ0v) is 15.1. The molecule has 0 saturated carbocycles. The molecule has 1 saturated heterocycles. The number of allylic oxidation sites excluding steroid dienone is 3. The fraction of sp³-hybridized carbons (Fsp3) is 0.316. The molecule has 2 aromatic rings. The van der Waals surface area contributed by atoms with E-state index in [1.54, 1.807) is 42.2 Å². The Morgan fingerprint density at radius 2 is 2.07 bits per heavy atom. The molecular formula is C19H22F2N6. The molecule has 1 aliphatic heterocycles. The van der Waals surface area contributed by atoms with Crippen LogP contribution >= 0.6 is 0 Å². The summed E-state index contributed by atoms with van der Waals surface area (Å²) in [5.41, 5.74) is 8.34. The molecule has 0 spiro atoms. The van der Waals surface area contributed by atoms with Crippen LogP contribution in [0.4, 0.5) is 14.6 Å². The molecule has 8 heteroatoms. The van der Waals surface area contributed by atoms with Gasteiger partial charge >= 0.3 is 0 Å². The van der Waals surface area contributed by atoms with Crippen LogP contribution in [0.2, 0.25) is 0 Å². The topological polar surface area (TPSA) is 72.3 Å². The van der Waals surface area contributed by atoms with E-state index >= 15 is 0 Å². The van der Waals surface area contributed by atoms with Gasteiger partial charge in [-0.25, -0.2) is 13.5 Å². The monoisotopic (exact) mass is 372 g/mol. The number of halogens is 2. The van der Waals surface area contributed by atoms with E-state index in [0.29, 0.717) is 22.9 Å². The third kappa shape index (κ3) is 4.39. The van der Waals surface area contributed by atoms with Gasteiger partial charge in [-0.2, -0.15) is 0 Å². The minimum Gasteiger partial charge on any atom is -0.402 e. The molecular weight excluding hydrogens is 350 g/mol. The normalized spacial score (nSPS) is 17.8. The van der Waals surface area contributed by atoms with Crippen LogP contribution in [-0.2, 0) is 0 Å². The first-order valence-corrected chi connectivity index (χ1v) is 8.64. The molecule has 2 N–H and O–H groups in total. The van der Waals surface area contributed by atoms with Crippen molar-refractivity contribution >= 4 is 18.2 Å². The third-order valence-corrected chi connectivity index (χ3v) is 4.34. The van der Waals surface area contributed by atoms with Crippen molar-refractivity contribution in [3.63, 3.8) is 0 Å². The predicted octanol–water partition coefficient (Wildman–Crippen LogP) is 3.41. The van der Waals surface area contributed by atoms with E-state index in [1.165, 1.54) is 0 Å². The lowest BCUT2D eigenvalue weighted by Gasteiger charge is -2.31. The van der Waals surface area contributed by atoms with Crippen molar-refractivity contribution < 1.29 is 8.78 Å². The number of nitrogens with zero attached hydrogens (tertiary/aromatic N) is 5. The summed E-state index contributed by atoms with van der Waals surface area (Å²) >= 11 is 0. The molecule has 3 heterocycles. The number of anilines is 1. The predicted molar refractivity (Wildman–Crippen MR) is 103 cm³/mol. The highest BCUT2D eigenvalue weighted by molar-refractivity contribution is 5.70. The first kappa shape index (κ1) is 18.8. The van der Waals surface area contributed by atoms with Crippen molar-refractivity contribution in [3.8, 4) is 5.69 Å². The Morgan fingerprint density at radius 1 is 1.33 bits per heavy atom. The molecule has 0 radical (unpaired) electrons. The molecule has 27 heavy (non-hydrogen) atoms. The summed E-state index contributed by atoms with van der Waals surface area (Å²) in [4.78, 5) is 10.1. The van der Waals surface area contributed by atoms with Crippen LogP contribution < -0.4 is 10.6 Å². The summed E-state index contributed by atoms with van der Waals surface area (Å²) in [5, 5.41) is 4.62. The molecule has 0 atom stereocenters. The highest BCUT2D eigenvalue weighted by Crippen LogP contribution is 2.32. The smallest absolute Gasteiger partial charge is 0.251 e. The maximum atomic E-state index is 13.5. The number of aliphatic imine (C=N–C) groups is 1. The highest BCUT2D eigenvalue weighted by atomic mass is 19.3. The Kier molecular flexibility index (Phi) is 5.34. The minimum absolute atomic E-state index is 0.181. The van der Waals surface area contributed by atoms with E-state index in [0.717, 1.165) is 5.69 Å².